The quantitative estimate of drug-likeness (QED) is 0.103. The summed E-state index contributed by atoms with van der Waals surface area (Å²) in [6.45, 7) is 37.8. The van der Waals surface area contributed by atoms with E-state index < -0.39 is 103 Å². The van der Waals surface area contributed by atoms with E-state index in [9.17, 15) is 28.7 Å². The van der Waals surface area contributed by atoms with Gasteiger partial charge < -0.3 is 64.7 Å². The second-order valence-electron chi connectivity index (χ2n) is 30.3. The zero-order chi connectivity index (χ0) is 64.9. The van der Waals surface area contributed by atoms with E-state index in [2.05, 4.69) is 56.5 Å². The number of anilines is 3. The molecule has 3 aromatic rings. The summed E-state index contributed by atoms with van der Waals surface area (Å²) in [5.74, 6) is 0.542. The van der Waals surface area contributed by atoms with Crippen molar-refractivity contribution in [3.8, 4) is 0 Å². The highest BCUT2D eigenvalue weighted by Gasteiger charge is 2.68. The maximum Gasteiger partial charge on any atom is 0.473 e. The van der Waals surface area contributed by atoms with Crippen LogP contribution in [0.5, 0.6) is 0 Å². The number of nitrogens with zero attached hydrogens (tertiary/aromatic N) is 6. The first-order chi connectivity index (χ1) is 38.9. The summed E-state index contributed by atoms with van der Waals surface area (Å²) in [5.41, 5.74) is 12.9. The van der Waals surface area contributed by atoms with Crippen LogP contribution in [0.2, 0.25) is 0 Å². The minimum Gasteiger partial charge on any atom is -0.383 e. The molecule has 5 unspecified atom stereocenters. The molecular formula is C57H95N9O17P2S. The number of fused-ring (bicyclic) bond motifs is 6. The van der Waals surface area contributed by atoms with E-state index >= 15 is 0 Å². The van der Waals surface area contributed by atoms with Crippen molar-refractivity contribution >= 4 is 43.8 Å². The number of nitrogen functional groups attached to an aromatic ring is 3. The zero-order valence-electron chi connectivity index (χ0n) is 53.9. The Hall–Kier alpha value is -3.60. The summed E-state index contributed by atoms with van der Waals surface area (Å²) in [6.07, 6.45) is 0.738. The molecule has 0 aromatic carbocycles. The number of aromatic nitrogens is 6. The Morgan fingerprint density at radius 1 is 0.523 bits per heavy atom. The lowest BCUT2D eigenvalue weighted by molar-refractivity contribution is -0.189. The van der Waals surface area contributed by atoms with E-state index in [1.54, 1.807) is 74.0 Å². The summed E-state index contributed by atoms with van der Waals surface area (Å²) >= 11 is 5.29. The third kappa shape index (κ3) is 16.3. The van der Waals surface area contributed by atoms with Crippen LogP contribution in [0.1, 0.15) is 179 Å². The number of hydrogen-bond acceptors (Lipinski definition) is 22. The van der Waals surface area contributed by atoms with Gasteiger partial charge in [0.2, 0.25) is 0 Å². The molecule has 26 nitrogen and oxygen atoms in total. The van der Waals surface area contributed by atoms with Crippen molar-refractivity contribution in [3.63, 3.8) is 0 Å². The molecule has 9 heterocycles. The van der Waals surface area contributed by atoms with Crippen LogP contribution in [0.4, 0.5) is 17.5 Å². The van der Waals surface area contributed by atoms with Gasteiger partial charge in [0.15, 0.2) is 18.7 Å². The van der Waals surface area contributed by atoms with Crippen molar-refractivity contribution in [2.45, 2.75) is 254 Å². The van der Waals surface area contributed by atoms with Crippen molar-refractivity contribution in [1.29, 1.82) is 0 Å². The topological polar surface area (TPSA) is 342 Å². The Balaban J connectivity index is 0.000000185. The van der Waals surface area contributed by atoms with Gasteiger partial charge >= 0.3 is 31.6 Å². The lowest BCUT2D eigenvalue weighted by atomic mass is 9.80. The number of ether oxygens (including phenoxy) is 7. The Labute approximate surface area is 509 Å². The van der Waals surface area contributed by atoms with Crippen molar-refractivity contribution in [2.75, 3.05) is 37.0 Å². The normalized spacial score (nSPS) is 31.3. The van der Waals surface area contributed by atoms with E-state index in [1.165, 1.54) is 13.7 Å². The lowest BCUT2D eigenvalue weighted by Crippen LogP contribution is -2.47. The third-order valence-corrected chi connectivity index (χ3v) is 17.5. The van der Waals surface area contributed by atoms with Crippen LogP contribution in [0, 0.1) is 37.0 Å². The molecule has 9 rings (SSSR count). The van der Waals surface area contributed by atoms with Crippen LogP contribution in [-0.4, -0.2) is 128 Å². The van der Waals surface area contributed by atoms with Crippen LogP contribution in [-0.2, 0) is 67.6 Å². The smallest absolute Gasteiger partial charge is 0.383 e. The summed E-state index contributed by atoms with van der Waals surface area (Å²) in [5, 5.41) is 0. The molecule has 6 saturated heterocycles. The Bertz CT molecular complexity index is 3120. The van der Waals surface area contributed by atoms with Crippen LogP contribution in [0.15, 0.2) is 33.0 Å². The SMILES string of the molecule is Cc1cn([C@@H]2O[C@@]3(CC(C)(C)C)CO[C@H]2C3OC(C)(C)C)c(=O)nc1N.Cc1cn([C@@H]2O[C@@]3(CC(C)(C)C)CO[C@H]2C3OP(=O)(O)OC(C)(C)C)c(=O)nc1N.Cc1cn([C@@H]2O[C@@]3(CC(C)(C)C)CO[C@H]2C3OP(O)(=S)OC(C)(C)C)c(=O)nc1N. The fourth-order valence-electron chi connectivity index (χ4n) is 12.1. The first-order valence-corrected chi connectivity index (χ1v) is 33.0. The molecule has 6 bridgehead atoms. The van der Waals surface area contributed by atoms with Gasteiger partial charge in [0, 0.05) is 35.3 Å². The molecule has 0 aliphatic carbocycles. The van der Waals surface area contributed by atoms with E-state index in [4.69, 9.17) is 80.3 Å². The van der Waals surface area contributed by atoms with Gasteiger partial charge in [0.05, 0.1) is 36.6 Å². The molecule has 0 saturated carbocycles. The van der Waals surface area contributed by atoms with Crippen LogP contribution in [0.25, 0.3) is 0 Å². The van der Waals surface area contributed by atoms with Crippen molar-refractivity contribution in [1.82, 2.24) is 28.7 Å². The second kappa shape index (κ2) is 23.9. The van der Waals surface area contributed by atoms with Gasteiger partial charge in [0.1, 0.15) is 70.9 Å². The molecule has 29 heteroatoms. The molecular weight excluding hydrogens is 1180 g/mol. The van der Waals surface area contributed by atoms with Gasteiger partial charge in [-0.15, -0.1) is 0 Å². The first kappa shape index (κ1) is 69.9. The van der Waals surface area contributed by atoms with Crippen LogP contribution >= 0.6 is 14.5 Å². The number of nitrogens with two attached hydrogens (primary N) is 3. The molecule has 8 N–H and O–H groups in total. The maximum absolute atomic E-state index is 12.7. The van der Waals surface area contributed by atoms with Gasteiger partial charge in [-0.25, -0.2) is 18.9 Å². The lowest BCUT2D eigenvalue weighted by Gasteiger charge is -2.38. The van der Waals surface area contributed by atoms with Gasteiger partial charge in [-0.3, -0.25) is 27.3 Å². The molecule has 14 atom stereocenters. The van der Waals surface area contributed by atoms with E-state index in [0.29, 0.717) is 30.6 Å². The number of hydrogen-bond donors (Lipinski definition) is 5. The predicted molar refractivity (Wildman–Crippen MR) is 325 cm³/mol. The van der Waals surface area contributed by atoms with Gasteiger partial charge in [-0.1, -0.05) is 62.3 Å². The number of rotatable bonds is 13. The minimum absolute atomic E-state index is 0.0207. The molecule has 486 valence electrons. The Morgan fingerprint density at radius 2 is 0.814 bits per heavy atom. The van der Waals surface area contributed by atoms with Crippen molar-refractivity contribution < 1.29 is 65.6 Å². The fraction of sp³-hybridized carbons (Fsp3) is 0.789. The monoisotopic (exact) mass is 1270 g/mol. The molecule has 0 radical (unpaired) electrons. The molecule has 86 heavy (non-hydrogen) atoms. The second-order valence-corrected chi connectivity index (χ2v) is 34.3. The van der Waals surface area contributed by atoms with Gasteiger partial charge in [-0.2, -0.15) is 15.0 Å². The molecule has 3 aromatic heterocycles. The number of aryl methyl sites for hydroxylation is 3. The maximum atomic E-state index is 12.7. The summed E-state index contributed by atoms with van der Waals surface area (Å²) < 4.78 is 83.0. The highest BCUT2D eigenvalue weighted by Crippen LogP contribution is 2.60. The predicted octanol–water partition coefficient (Wildman–Crippen LogP) is 7.61. The third-order valence-electron chi connectivity index (χ3n) is 14.5. The number of phosphoric acid groups is 1. The summed E-state index contributed by atoms with van der Waals surface area (Å²) in [6, 6.07) is 0. The van der Waals surface area contributed by atoms with Crippen LogP contribution < -0.4 is 34.3 Å². The molecule has 6 fully saturated rings. The molecule has 0 amide bonds. The first-order valence-electron chi connectivity index (χ1n) is 28.9. The zero-order valence-corrected chi connectivity index (χ0v) is 56.5. The molecule has 6 aliphatic heterocycles. The highest BCUT2D eigenvalue weighted by atomic mass is 32.5. The fourth-order valence-corrected chi connectivity index (χ4v) is 15.7. The van der Waals surface area contributed by atoms with Gasteiger partial charge in [0.25, 0.3) is 0 Å². The highest BCUT2D eigenvalue weighted by molar-refractivity contribution is 8.07. The van der Waals surface area contributed by atoms with E-state index in [0.717, 1.165) is 12.0 Å². The van der Waals surface area contributed by atoms with Gasteiger partial charge in [-0.05, 0) is 130 Å². The summed E-state index contributed by atoms with van der Waals surface area (Å²) in [4.78, 5) is 70.2. The molecule has 6 aliphatic rings. The average Bonchev–Trinajstić information content (AvgIpc) is 1.65. The Kier molecular flexibility index (Phi) is 19.4. The number of phosphoric ester groups is 1. The van der Waals surface area contributed by atoms with Crippen LogP contribution in [0.3, 0.4) is 0 Å². The standard InChI is InChI=1S/C19H32N3O7P.C19H32N3O6PS.C19H31N3O4/c1-11-8-22(16(23)21-14(11)20)15-12-13(28-30(24,25)29-18(5,6)7)19(27-15,10-26-12)9-17(2,3)4;1-11-8-22(16(23)21-14(11)20)15-12-13(27-29(24,30)28-18(5,6)7)19(26-15,10-25-12)9-17(2,3)4;1-11-8-22(16(23)21-14(11)20)15-12-13(25-18(5,6)7)19(26-15,10-24-12)9-17(2,3)4/h8,12-13,15H,9-10H2,1-7H3,(H,24,25)(H2,20,21,23);8,12-13,15H,9-10H2,1-7H3,(H,24,30)(H2,20,21,23);8,12-13,15H,9-10H2,1-7H3,(H2,20,21,23)/t12-,13?,15+,19-;12-,13?,15+,19-,29?;12-,13?,15+,19-/m000/s1. The van der Waals surface area contributed by atoms with Crippen molar-refractivity contribution in [3.05, 3.63) is 66.7 Å². The average molecular weight is 1270 g/mol. The largest absolute Gasteiger partial charge is 0.473 e. The summed E-state index contributed by atoms with van der Waals surface area (Å²) in [7, 11) is -4.44. The van der Waals surface area contributed by atoms with E-state index in [-0.39, 0.29) is 64.7 Å². The van der Waals surface area contributed by atoms with Crippen molar-refractivity contribution in [2.24, 2.45) is 16.2 Å². The minimum atomic E-state index is -4.44. The molecule has 0 spiro atoms. The Morgan fingerprint density at radius 3 is 1.10 bits per heavy atom. The van der Waals surface area contributed by atoms with E-state index in [1.807, 2.05) is 48.5 Å².